The summed E-state index contributed by atoms with van der Waals surface area (Å²) in [4.78, 5) is 35.2. The number of hydrogen-bond donors (Lipinski definition) is 3. The van der Waals surface area contributed by atoms with E-state index in [9.17, 15) is 9.59 Å². The molecule has 0 aliphatic carbocycles. The zero-order valence-electron chi connectivity index (χ0n) is 17.3. The SMILES string of the molecule is Cc1cc(C)cc(C(=O)N[C@@H](C)C(=O)N2CCC3(CC2)NCCc2[nH]cnc23)c1. The van der Waals surface area contributed by atoms with Gasteiger partial charge in [-0.25, -0.2) is 4.98 Å². The predicted octanol–water partition coefficient (Wildman–Crippen LogP) is 1.81. The van der Waals surface area contributed by atoms with Crippen LogP contribution in [-0.4, -0.2) is 52.4 Å². The van der Waals surface area contributed by atoms with Crippen LogP contribution in [0.5, 0.6) is 0 Å². The molecule has 3 heterocycles. The van der Waals surface area contributed by atoms with Crippen LogP contribution in [0.3, 0.4) is 0 Å². The van der Waals surface area contributed by atoms with Gasteiger partial charge in [0.05, 0.1) is 17.6 Å². The van der Waals surface area contributed by atoms with E-state index in [1.165, 1.54) is 5.69 Å². The van der Waals surface area contributed by atoms with Crippen molar-refractivity contribution in [1.82, 2.24) is 25.5 Å². The Morgan fingerprint density at radius 2 is 1.86 bits per heavy atom. The Kier molecular flexibility index (Phi) is 5.17. The van der Waals surface area contributed by atoms with Crippen LogP contribution in [0.2, 0.25) is 0 Å². The van der Waals surface area contributed by atoms with Crippen LogP contribution < -0.4 is 10.6 Å². The number of aromatic amines is 1. The van der Waals surface area contributed by atoms with E-state index in [0.717, 1.165) is 42.6 Å². The van der Waals surface area contributed by atoms with Gasteiger partial charge >= 0.3 is 0 Å². The van der Waals surface area contributed by atoms with E-state index in [1.807, 2.05) is 36.9 Å². The molecule has 0 unspecified atom stereocenters. The van der Waals surface area contributed by atoms with E-state index >= 15 is 0 Å². The number of piperidine rings is 1. The second-order valence-corrected chi connectivity index (χ2v) is 8.39. The summed E-state index contributed by atoms with van der Waals surface area (Å²) in [5.41, 5.74) is 4.83. The standard InChI is InChI=1S/C22H29N5O2/c1-14-10-15(2)12-17(11-14)20(28)26-16(3)21(29)27-8-5-22(6-9-27)19-18(4-7-25-22)23-13-24-19/h10-13,16,25H,4-9H2,1-3H3,(H,23,24)(H,26,28)/t16-/m0/s1. The smallest absolute Gasteiger partial charge is 0.251 e. The van der Waals surface area contributed by atoms with Crippen LogP contribution >= 0.6 is 0 Å². The van der Waals surface area contributed by atoms with Gasteiger partial charge in [-0.3, -0.25) is 9.59 Å². The van der Waals surface area contributed by atoms with Gasteiger partial charge in [-0.05, 0) is 45.7 Å². The Bertz CT molecular complexity index is 907. The number of imidazole rings is 1. The molecule has 1 spiro atoms. The van der Waals surface area contributed by atoms with Crippen molar-refractivity contribution in [3.63, 3.8) is 0 Å². The number of likely N-dealkylation sites (tertiary alicyclic amines) is 1. The summed E-state index contributed by atoms with van der Waals surface area (Å²) in [5, 5.41) is 6.51. The number of aryl methyl sites for hydroxylation is 2. The number of carbonyl (C=O) groups is 2. The fourth-order valence-corrected chi connectivity index (χ4v) is 4.68. The van der Waals surface area contributed by atoms with Crippen LogP contribution in [0.15, 0.2) is 24.5 Å². The van der Waals surface area contributed by atoms with Gasteiger partial charge in [0.15, 0.2) is 0 Å². The minimum Gasteiger partial charge on any atom is -0.348 e. The first kappa shape index (κ1) is 19.6. The first-order valence-corrected chi connectivity index (χ1v) is 10.3. The third-order valence-corrected chi connectivity index (χ3v) is 6.14. The maximum atomic E-state index is 12.9. The fraction of sp³-hybridized carbons (Fsp3) is 0.500. The third-order valence-electron chi connectivity index (χ3n) is 6.14. The molecule has 1 fully saturated rings. The van der Waals surface area contributed by atoms with E-state index in [-0.39, 0.29) is 17.4 Å². The van der Waals surface area contributed by atoms with Crippen LogP contribution in [0, 0.1) is 13.8 Å². The largest absolute Gasteiger partial charge is 0.348 e. The Balaban J connectivity index is 1.38. The van der Waals surface area contributed by atoms with Crippen LogP contribution in [0.25, 0.3) is 0 Å². The Hall–Kier alpha value is -2.67. The highest BCUT2D eigenvalue weighted by atomic mass is 16.2. The Morgan fingerprint density at radius 1 is 1.17 bits per heavy atom. The van der Waals surface area contributed by atoms with E-state index in [1.54, 1.807) is 13.3 Å². The normalized spacial score (nSPS) is 18.9. The number of aromatic nitrogens is 2. The van der Waals surface area contributed by atoms with Gasteiger partial charge in [0, 0.05) is 37.3 Å². The lowest BCUT2D eigenvalue weighted by atomic mass is 9.80. The fourth-order valence-electron chi connectivity index (χ4n) is 4.68. The van der Waals surface area contributed by atoms with Crippen LogP contribution in [0.4, 0.5) is 0 Å². The summed E-state index contributed by atoms with van der Waals surface area (Å²) >= 11 is 0. The molecule has 2 amide bonds. The molecule has 0 radical (unpaired) electrons. The summed E-state index contributed by atoms with van der Waals surface area (Å²) in [6.45, 7) is 7.92. The summed E-state index contributed by atoms with van der Waals surface area (Å²) in [6.07, 6.45) is 4.38. The molecule has 1 aromatic heterocycles. The van der Waals surface area contributed by atoms with Gasteiger partial charge in [0.1, 0.15) is 6.04 Å². The Morgan fingerprint density at radius 3 is 2.55 bits per heavy atom. The third kappa shape index (κ3) is 3.79. The number of carbonyl (C=O) groups excluding carboxylic acids is 2. The molecule has 154 valence electrons. The minimum absolute atomic E-state index is 0.0318. The zero-order chi connectivity index (χ0) is 20.6. The second-order valence-electron chi connectivity index (χ2n) is 8.39. The molecule has 2 aliphatic heterocycles. The number of fused-ring (bicyclic) bond motifs is 2. The van der Waals surface area contributed by atoms with Crippen molar-refractivity contribution in [2.45, 2.75) is 51.6 Å². The van der Waals surface area contributed by atoms with Crippen molar-refractivity contribution >= 4 is 11.8 Å². The quantitative estimate of drug-likeness (QED) is 0.739. The highest BCUT2D eigenvalue weighted by molar-refractivity contribution is 5.97. The highest BCUT2D eigenvalue weighted by Gasteiger charge is 2.42. The van der Waals surface area contributed by atoms with Crippen molar-refractivity contribution < 1.29 is 9.59 Å². The number of benzene rings is 1. The summed E-state index contributed by atoms with van der Waals surface area (Å²) < 4.78 is 0. The van der Waals surface area contributed by atoms with Crippen LogP contribution in [-0.2, 0) is 16.8 Å². The van der Waals surface area contributed by atoms with Crippen molar-refractivity contribution in [2.24, 2.45) is 0 Å². The summed E-state index contributed by atoms with van der Waals surface area (Å²) in [7, 11) is 0. The van der Waals surface area contributed by atoms with Gasteiger partial charge in [-0.15, -0.1) is 0 Å². The van der Waals surface area contributed by atoms with E-state index < -0.39 is 6.04 Å². The molecule has 2 aromatic rings. The lowest BCUT2D eigenvalue weighted by molar-refractivity contribution is -0.134. The molecule has 7 nitrogen and oxygen atoms in total. The first-order chi connectivity index (χ1) is 13.9. The number of nitrogens with zero attached hydrogens (tertiary/aromatic N) is 2. The van der Waals surface area contributed by atoms with E-state index in [4.69, 9.17) is 0 Å². The molecule has 3 N–H and O–H groups in total. The Labute approximate surface area is 171 Å². The van der Waals surface area contributed by atoms with Gasteiger partial charge in [-0.1, -0.05) is 17.2 Å². The van der Waals surface area contributed by atoms with Gasteiger partial charge in [0.25, 0.3) is 5.91 Å². The number of amides is 2. The zero-order valence-corrected chi connectivity index (χ0v) is 17.3. The highest BCUT2D eigenvalue weighted by Crippen LogP contribution is 2.35. The van der Waals surface area contributed by atoms with Crippen molar-refractivity contribution in [1.29, 1.82) is 0 Å². The molecule has 1 atom stereocenters. The van der Waals surface area contributed by atoms with E-state index in [2.05, 4.69) is 20.6 Å². The predicted molar refractivity (Wildman–Crippen MR) is 111 cm³/mol. The molecule has 29 heavy (non-hydrogen) atoms. The van der Waals surface area contributed by atoms with Crippen molar-refractivity contribution in [3.05, 3.63) is 52.6 Å². The first-order valence-electron chi connectivity index (χ1n) is 10.3. The minimum atomic E-state index is -0.558. The lowest BCUT2D eigenvalue weighted by Crippen LogP contribution is -2.57. The molecular weight excluding hydrogens is 366 g/mol. The number of hydrogen-bond acceptors (Lipinski definition) is 4. The second kappa shape index (κ2) is 7.63. The maximum Gasteiger partial charge on any atom is 0.251 e. The average Bonchev–Trinajstić information content (AvgIpc) is 3.18. The summed E-state index contributed by atoms with van der Waals surface area (Å²) in [6, 6.07) is 5.16. The number of nitrogens with one attached hydrogen (secondary N) is 3. The molecule has 2 aliphatic rings. The lowest BCUT2D eigenvalue weighted by Gasteiger charge is -2.44. The maximum absolute atomic E-state index is 12.9. The molecule has 1 saturated heterocycles. The number of rotatable bonds is 3. The monoisotopic (exact) mass is 395 g/mol. The van der Waals surface area contributed by atoms with Crippen LogP contribution in [0.1, 0.15) is 52.6 Å². The molecule has 0 bridgehead atoms. The molecule has 1 aromatic carbocycles. The van der Waals surface area contributed by atoms with Crippen molar-refractivity contribution in [3.8, 4) is 0 Å². The summed E-state index contributed by atoms with van der Waals surface area (Å²) in [5.74, 6) is -0.239. The topological polar surface area (TPSA) is 90.1 Å². The molecule has 7 heteroatoms. The van der Waals surface area contributed by atoms with Gasteiger partial charge < -0.3 is 20.5 Å². The number of H-pyrrole nitrogens is 1. The molecule has 4 rings (SSSR count). The van der Waals surface area contributed by atoms with Gasteiger partial charge in [-0.2, -0.15) is 0 Å². The molecule has 0 saturated carbocycles. The molecular formula is C22H29N5O2. The average molecular weight is 396 g/mol. The van der Waals surface area contributed by atoms with Crippen molar-refractivity contribution in [2.75, 3.05) is 19.6 Å². The van der Waals surface area contributed by atoms with Gasteiger partial charge in [0.2, 0.25) is 5.91 Å². The van der Waals surface area contributed by atoms with E-state index in [0.29, 0.717) is 18.7 Å².